The summed E-state index contributed by atoms with van der Waals surface area (Å²) in [5, 5.41) is 7.35. The molecule has 26 heavy (non-hydrogen) atoms. The van der Waals surface area contributed by atoms with Crippen LogP contribution in [-0.2, 0) is 36.1 Å². The molecule has 3 heterocycles. The summed E-state index contributed by atoms with van der Waals surface area (Å²) in [7, 11) is -3.23. The molecule has 1 N–H and O–H groups in total. The third-order valence-corrected chi connectivity index (χ3v) is 5.62. The molecule has 0 fully saturated rings. The minimum absolute atomic E-state index is 0.178. The summed E-state index contributed by atoms with van der Waals surface area (Å²) in [6.45, 7) is 3.75. The lowest BCUT2D eigenvalue weighted by Gasteiger charge is -2.16. The molecule has 8 nitrogen and oxygen atoms in total. The van der Waals surface area contributed by atoms with Crippen LogP contribution in [0.1, 0.15) is 40.8 Å². The van der Waals surface area contributed by atoms with E-state index < -0.39 is 10.0 Å². The molecule has 0 aromatic carbocycles. The normalized spacial score (nSPS) is 15.3. The molecule has 0 unspecified atom stereocenters. The van der Waals surface area contributed by atoms with Crippen LogP contribution in [0.15, 0.2) is 24.4 Å². The van der Waals surface area contributed by atoms with Crippen LogP contribution in [0.2, 0.25) is 0 Å². The van der Waals surface area contributed by atoms with Gasteiger partial charge in [0, 0.05) is 30.5 Å². The first-order valence-electron chi connectivity index (χ1n) is 8.60. The number of pyridine rings is 1. The van der Waals surface area contributed by atoms with Gasteiger partial charge in [0.05, 0.1) is 30.7 Å². The molecule has 1 aliphatic rings. The summed E-state index contributed by atoms with van der Waals surface area (Å²) in [5.74, 6) is -0.178. The topological polar surface area (TPSA) is 97.2 Å². The molecule has 0 aliphatic carbocycles. The van der Waals surface area contributed by atoms with E-state index in [4.69, 9.17) is 0 Å². The summed E-state index contributed by atoms with van der Waals surface area (Å²) in [6, 6.07) is 5.32. The number of aromatic nitrogens is 3. The van der Waals surface area contributed by atoms with E-state index in [1.54, 1.807) is 18.3 Å². The fourth-order valence-electron chi connectivity index (χ4n) is 2.95. The average molecular weight is 377 g/mol. The molecule has 0 saturated carbocycles. The van der Waals surface area contributed by atoms with Crippen molar-refractivity contribution < 1.29 is 13.2 Å². The molecule has 2 aromatic heterocycles. The molecule has 0 bridgehead atoms. The number of aryl methyl sites for hydroxylation is 2. The largest absolute Gasteiger partial charge is 0.346 e. The van der Waals surface area contributed by atoms with Crippen LogP contribution >= 0.6 is 0 Å². The lowest BCUT2D eigenvalue weighted by atomic mass is 10.2. The zero-order valence-electron chi connectivity index (χ0n) is 15.0. The van der Waals surface area contributed by atoms with Gasteiger partial charge < -0.3 is 5.32 Å². The zero-order chi connectivity index (χ0) is 18.7. The molecule has 3 rings (SSSR count). The van der Waals surface area contributed by atoms with Crippen molar-refractivity contribution in [2.45, 2.75) is 39.4 Å². The Kier molecular flexibility index (Phi) is 5.38. The van der Waals surface area contributed by atoms with E-state index in [2.05, 4.69) is 15.4 Å². The number of nitrogens with zero attached hydrogens (tertiary/aromatic N) is 4. The number of rotatable bonds is 5. The van der Waals surface area contributed by atoms with E-state index >= 15 is 0 Å². The zero-order valence-corrected chi connectivity index (χ0v) is 15.8. The van der Waals surface area contributed by atoms with E-state index in [1.165, 1.54) is 10.6 Å². The van der Waals surface area contributed by atoms with Gasteiger partial charge in [-0.3, -0.25) is 14.5 Å². The average Bonchev–Trinajstić information content (AvgIpc) is 2.88. The van der Waals surface area contributed by atoms with E-state index in [0.29, 0.717) is 43.9 Å². The summed E-state index contributed by atoms with van der Waals surface area (Å²) >= 11 is 0. The minimum Gasteiger partial charge on any atom is -0.346 e. The molecule has 0 saturated heterocycles. The highest BCUT2D eigenvalue weighted by Gasteiger charge is 2.22. The van der Waals surface area contributed by atoms with Crippen LogP contribution < -0.4 is 5.32 Å². The van der Waals surface area contributed by atoms with Crippen LogP contribution in [0.3, 0.4) is 0 Å². The van der Waals surface area contributed by atoms with Crippen LogP contribution in [0.25, 0.3) is 0 Å². The lowest BCUT2D eigenvalue weighted by Crippen LogP contribution is -2.29. The Hall–Kier alpha value is -2.26. The molecule has 0 atom stereocenters. The van der Waals surface area contributed by atoms with E-state index in [0.717, 1.165) is 17.8 Å². The van der Waals surface area contributed by atoms with Crippen molar-refractivity contribution in [2.75, 3.05) is 12.8 Å². The number of sulfonamides is 1. The Morgan fingerprint density at radius 1 is 1.27 bits per heavy atom. The lowest BCUT2D eigenvalue weighted by molar-refractivity contribution is 0.0950. The maximum absolute atomic E-state index is 12.3. The highest BCUT2D eigenvalue weighted by Crippen LogP contribution is 2.16. The molecule has 1 aliphatic heterocycles. The Bertz CT molecular complexity index is 907. The van der Waals surface area contributed by atoms with Gasteiger partial charge in [0.2, 0.25) is 10.0 Å². The Morgan fingerprint density at radius 3 is 2.81 bits per heavy atom. The standard InChI is InChI=1S/C17H23N5O3S/c1-3-14-9-13(5-6-18-14)17(23)19-11-15-10-16-12-21(26(2,24)25)7-4-8-22(16)20-15/h5-6,9-10H,3-4,7-8,11-12H2,1-2H3,(H,19,23). The number of hydrogen-bond acceptors (Lipinski definition) is 5. The fourth-order valence-corrected chi connectivity index (χ4v) is 3.78. The second kappa shape index (κ2) is 7.55. The van der Waals surface area contributed by atoms with Crippen LogP contribution in [0.5, 0.6) is 0 Å². The van der Waals surface area contributed by atoms with Crippen molar-refractivity contribution in [2.24, 2.45) is 0 Å². The number of nitrogens with one attached hydrogen (secondary N) is 1. The molecular formula is C17H23N5O3S. The molecule has 2 aromatic rings. The Labute approximate surface area is 153 Å². The van der Waals surface area contributed by atoms with Crippen LogP contribution in [-0.4, -0.2) is 46.2 Å². The van der Waals surface area contributed by atoms with Gasteiger partial charge in [0.25, 0.3) is 5.91 Å². The highest BCUT2D eigenvalue weighted by molar-refractivity contribution is 7.88. The molecule has 0 radical (unpaired) electrons. The summed E-state index contributed by atoms with van der Waals surface area (Å²) < 4.78 is 26.9. The summed E-state index contributed by atoms with van der Waals surface area (Å²) in [5.41, 5.74) is 3.00. The van der Waals surface area contributed by atoms with Crippen molar-refractivity contribution >= 4 is 15.9 Å². The number of fused-ring (bicyclic) bond motifs is 1. The van der Waals surface area contributed by atoms with E-state index in [9.17, 15) is 13.2 Å². The molecule has 1 amide bonds. The third kappa shape index (κ3) is 4.28. The number of hydrogen-bond donors (Lipinski definition) is 1. The SMILES string of the molecule is CCc1cc(C(=O)NCc2cc3n(n2)CCCN(S(C)(=O)=O)C3)ccn1. The maximum atomic E-state index is 12.3. The predicted octanol–water partition coefficient (Wildman–Crippen LogP) is 0.936. The first kappa shape index (κ1) is 18.5. The monoisotopic (exact) mass is 377 g/mol. The fraction of sp³-hybridized carbons (Fsp3) is 0.471. The maximum Gasteiger partial charge on any atom is 0.251 e. The summed E-state index contributed by atoms with van der Waals surface area (Å²) in [4.78, 5) is 16.5. The van der Waals surface area contributed by atoms with Crippen molar-refractivity contribution in [3.05, 3.63) is 47.0 Å². The second-order valence-electron chi connectivity index (χ2n) is 6.37. The first-order valence-corrected chi connectivity index (χ1v) is 10.5. The van der Waals surface area contributed by atoms with E-state index in [-0.39, 0.29) is 5.91 Å². The first-order chi connectivity index (χ1) is 12.4. The Morgan fingerprint density at radius 2 is 2.08 bits per heavy atom. The van der Waals surface area contributed by atoms with Crippen molar-refractivity contribution in [3.8, 4) is 0 Å². The van der Waals surface area contributed by atoms with Crippen LogP contribution in [0.4, 0.5) is 0 Å². The number of amides is 1. The van der Waals surface area contributed by atoms with Gasteiger partial charge in [-0.2, -0.15) is 9.40 Å². The van der Waals surface area contributed by atoms with Gasteiger partial charge in [0.15, 0.2) is 0 Å². The quantitative estimate of drug-likeness (QED) is 0.836. The van der Waals surface area contributed by atoms with Gasteiger partial charge in [-0.05, 0) is 31.0 Å². The Balaban J connectivity index is 1.67. The molecule has 0 spiro atoms. The molecular weight excluding hydrogens is 354 g/mol. The minimum atomic E-state index is -3.23. The van der Waals surface area contributed by atoms with Crippen molar-refractivity contribution in [3.63, 3.8) is 0 Å². The summed E-state index contributed by atoms with van der Waals surface area (Å²) in [6.07, 6.45) is 4.34. The molecule has 9 heteroatoms. The van der Waals surface area contributed by atoms with E-state index in [1.807, 2.05) is 17.7 Å². The highest BCUT2D eigenvalue weighted by atomic mass is 32.2. The van der Waals surface area contributed by atoms with Gasteiger partial charge in [-0.25, -0.2) is 8.42 Å². The van der Waals surface area contributed by atoms with Gasteiger partial charge in [0.1, 0.15) is 0 Å². The van der Waals surface area contributed by atoms with Crippen molar-refractivity contribution in [1.29, 1.82) is 0 Å². The van der Waals surface area contributed by atoms with Crippen molar-refractivity contribution in [1.82, 2.24) is 24.4 Å². The molecule has 140 valence electrons. The smallest absolute Gasteiger partial charge is 0.251 e. The number of carbonyl (C=O) groups is 1. The predicted molar refractivity (Wildman–Crippen MR) is 96.9 cm³/mol. The second-order valence-corrected chi connectivity index (χ2v) is 8.35. The van der Waals surface area contributed by atoms with Crippen LogP contribution in [0, 0.1) is 0 Å². The third-order valence-electron chi connectivity index (χ3n) is 4.37. The van der Waals surface area contributed by atoms with Gasteiger partial charge in [-0.1, -0.05) is 6.92 Å². The number of carbonyl (C=O) groups excluding carboxylic acids is 1. The van der Waals surface area contributed by atoms with Gasteiger partial charge >= 0.3 is 0 Å². The van der Waals surface area contributed by atoms with Gasteiger partial charge in [-0.15, -0.1) is 0 Å².